The molecule has 0 amide bonds. The molecule has 0 fully saturated rings. The van der Waals surface area contributed by atoms with Crippen LogP contribution in [0.2, 0.25) is 0 Å². The number of rotatable bonds is 4. The molecule has 1 unspecified atom stereocenters. The molecule has 0 aliphatic heterocycles. The van der Waals surface area contributed by atoms with Crippen LogP contribution in [0.5, 0.6) is 5.88 Å². The number of hydrogen-bond acceptors (Lipinski definition) is 4. The molecule has 0 radical (unpaired) electrons. The fourth-order valence-corrected chi connectivity index (χ4v) is 2.11. The van der Waals surface area contributed by atoms with E-state index in [2.05, 4.69) is 4.37 Å². The highest BCUT2D eigenvalue weighted by atomic mass is 32.1. The molecule has 4 nitrogen and oxygen atoms in total. The van der Waals surface area contributed by atoms with Gasteiger partial charge in [-0.15, -0.1) is 0 Å². The molecule has 1 atom stereocenters. The summed E-state index contributed by atoms with van der Waals surface area (Å²) in [4.78, 5) is 10.8. The van der Waals surface area contributed by atoms with Crippen molar-refractivity contribution in [3.8, 4) is 5.88 Å². The van der Waals surface area contributed by atoms with Crippen LogP contribution >= 0.6 is 11.5 Å². The highest BCUT2D eigenvalue weighted by Gasteiger charge is 2.19. The Balaban J connectivity index is 2.35. The molecule has 0 aliphatic carbocycles. The minimum atomic E-state index is -1.05. The van der Waals surface area contributed by atoms with Gasteiger partial charge in [-0.1, -0.05) is 6.92 Å². The van der Waals surface area contributed by atoms with Crippen molar-refractivity contribution in [2.75, 3.05) is 0 Å². The second-order valence-electron chi connectivity index (χ2n) is 3.48. The summed E-state index contributed by atoms with van der Waals surface area (Å²) in [5, 5.41) is 9.38. The van der Waals surface area contributed by atoms with Crippen molar-refractivity contribution in [1.29, 1.82) is 0 Å². The van der Waals surface area contributed by atoms with Crippen LogP contribution < -0.4 is 4.74 Å². The van der Waals surface area contributed by atoms with Crippen LogP contribution in [0.1, 0.15) is 13.3 Å². The van der Waals surface area contributed by atoms with E-state index in [9.17, 15) is 9.18 Å². The van der Waals surface area contributed by atoms with Gasteiger partial charge >= 0.3 is 5.97 Å². The maximum absolute atomic E-state index is 13.1. The molecule has 0 aliphatic rings. The van der Waals surface area contributed by atoms with Crippen LogP contribution in [0.25, 0.3) is 10.1 Å². The van der Waals surface area contributed by atoms with E-state index in [1.54, 1.807) is 13.0 Å². The van der Waals surface area contributed by atoms with Gasteiger partial charge in [-0.3, -0.25) is 0 Å². The van der Waals surface area contributed by atoms with Crippen molar-refractivity contribution in [3.05, 3.63) is 24.0 Å². The summed E-state index contributed by atoms with van der Waals surface area (Å²) < 4.78 is 23.1. The SMILES string of the molecule is CCC(Oc1nsc2ccc(F)cc12)C(=O)O. The lowest BCUT2D eigenvalue weighted by atomic mass is 10.2. The van der Waals surface area contributed by atoms with E-state index in [1.807, 2.05) is 0 Å². The zero-order chi connectivity index (χ0) is 12.4. The molecule has 1 N–H and O–H groups in total. The third kappa shape index (κ3) is 2.36. The molecule has 1 aromatic heterocycles. The lowest BCUT2D eigenvalue weighted by molar-refractivity contribution is -0.145. The largest absolute Gasteiger partial charge is 0.479 e. The lowest BCUT2D eigenvalue weighted by Crippen LogP contribution is -2.26. The molecule has 1 aromatic carbocycles. The Kier molecular flexibility index (Phi) is 3.23. The molecule has 0 spiro atoms. The van der Waals surface area contributed by atoms with Gasteiger partial charge in [0.05, 0.1) is 10.1 Å². The average Bonchev–Trinajstić information content (AvgIpc) is 2.68. The number of benzene rings is 1. The number of halogens is 1. The van der Waals surface area contributed by atoms with Crippen molar-refractivity contribution in [2.45, 2.75) is 19.4 Å². The number of carboxylic acid groups (broad SMARTS) is 1. The Hall–Kier alpha value is -1.69. The van der Waals surface area contributed by atoms with Crippen LogP contribution in [0, 0.1) is 5.82 Å². The fraction of sp³-hybridized carbons (Fsp3) is 0.273. The van der Waals surface area contributed by atoms with Gasteiger partial charge in [-0.2, -0.15) is 4.37 Å². The summed E-state index contributed by atoms with van der Waals surface area (Å²) in [5.74, 6) is -1.27. The van der Waals surface area contributed by atoms with Crippen molar-refractivity contribution in [2.24, 2.45) is 0 Å². The van der Waals surface area contributed by atoms with Gasteiger partial charge in [0, 0.05) is 0 Å². The second kappa shape index (κ2) is 4.67. The number of carbonyl (C=O) groups is 1. The first-order valence-corrected chi connectivity index (χ1v) is 5.83. The summed E-state index contributed by atoms with van der Waals surface area (Å²) in [5.41, 5.74) is 0. The minimum Gasteiger partial charge on any atom is -0.479 e. The number of aromatic nitrogens is 1. The zero-order valence-corrected chi connectivity index (χ0v) is 9.83. The van der Waals surface area contributed by atoms with E-state index in [1.165, 1.54) is 12.1 Å². The van der Waals surface area contributed by atoms with Crippen LogP contribution in [-0.4, -0.2) is 21.6 Å². The monoisotopic (exact) mass is 255 g/mol. The molecule has 6 heteroatoms. The highest BCUT2D eigenvalue weighted by Crippen LogP contribution is 2.30. The van der Waals surface area contributed by atoms with Crippen LogP contribution in [0.3, 0.4) is 0 Å². The average molecular weight is 255 g/mol. The molecule has 1 heterocycles. The quantitative estimate of drug-likeness (QED) is 0.912. The van der Waals surface area contributed by atoms with Gasteiger partial charge in [-0.05, 0) is 36.2 Å². The molecule has 2 rings (SSSR count). The lowest BCUT2D eigenvalue weighted by Gasteiger charge is -2.10. The minimum absolute atomic E-state index is 0.179. The van der Waals surface area contributed by atoms with Crippen molar-refractivity contribution in [1.82, 2.24) is 4.37 Å². The van der Waals surface area contributed by atoms with Gasteiger partial charge in [0.2, 0.25) is 5.88 Å². The first-order chi connectivity index (χ1) is 8.11. The number of carboxylic acids is 1. The van der Waals surface area contributed by atoms with E-state index in [0.29, 0.717) is 11.8 Å². The summed E-state index contributed by atoms with van der Waals surface area (Å²) in [6.45, 7) is 1.70. The van der Waals surface area contributed by atoms with Gasteiger partial charge in [0.15, 0.2) is 6.10 Å². The van der Waals surface area contributed by atoms with Gasteiger partial charge in [-0.25, -0.2) is 9.18 Å². The van der Waals surface area contributed by atoms with Crippen LogP contribution in [-0.2, 0) is 4.79 Å². The van der Waals surface area contributed by atoms with E-state index in [0.717, 1.165) is 16.2 Å². The molecule has 2 aromatic rings. The summed E-state index contributed by atoms with van der Waals surface area (Å²) in [6.07, 6.45) is -0.632. The number of aliphatic carboxylic acids is 1. The Labute approximate surface area is 101 Å². The highest BCUT2D eigenvalue weighted by molar-refractivity contribution is 7.13. The standard InChI is InChI=1S/C11H10FNO3S/c1-2-8(11(14)15)16-10-7-5-6(12)3-4-9(7)17-13-10/h3-5,8H,2H2,1H3,(H,14,15). The van der Waals surface area contributed by atoms with Crippen LogP contribution in [0.15, 0.2) is 18.2 Å². The smallest absolute Gasteiger partial charge is 0.344 e. The van der Waals surface area contributed by atoms with Crippen molar-refractivity contribution < 1.29 is 19.0 Å². The maximum atomic E-state index is 13.1. The van der Waals surface area contributed by atoms with Crippen molar-refractivity contribution >= 4 is 27.6 Å². The van der Waals surface area contributed by atoms with E-state index >= 15 is 0 Å². The molecule has 0 bridgehead atoms. The Bertz CT molecular complexity index is 555. The second-order valence-corrected chi connectivity index (χ2v) is 4.29. The van der Waals surface area contributed by atoms with Crippen molar-refractivity contribution in [3.63, 3.8) is 0 Å². The summed E-state index contributed by atoms with van der Waals surface area (Å²) >= 11 is 1.15. The fourth-order valence-electron chi connectivity index (χ4n) is 1.42. The number of hydrogen-bond donors (Lipinski definition) is 1. The molecular weight excluding hydrogens is 245 g/mol. The topological polar surface area (TPSA) is 59.4 Å². The Morgan fingerprint density at radius 2 is 2.41 bits per heavy atom. The van der Waals surface area contributed by atoms with Crippen LogP contribution in [0.4, 0.5) is 4.39 Å². The van der Waals surface area contributed by atoms with Gasteiger partial charge < -0.3 is 9.84 Å². The number of nitrogens with zero attached hydrogens (tertiary/aromatic N) is 1. The van der Waals surface area contributed by atoms with E-state index < -0.39 is 17.9 Å². The Morgan fingerprint density at radius 1 is 1.65 bits per heavy atom. The Morgan fingerprint density at radius 3 is 3.06 bits per heavy atom. The predicted octanol–water partition coefficient (Wildman–Crippen LogP) is 2.68. The molecule has 0 saturated heterocycles. The normalized spacial score (nSPS) is 12.6. The summed E-state index contributed by atoms with van der Waals surface area (Å²) in [7, 11) is 0. The first-order valence-electron chi connectivity index (χ1n) is 5.06. The number of ether oxygens (including phenoxy) is 1. The molecule has 90 valence electrons. The zero-order valence-electron chi connectivity index (χ0n) is 9.01. The first kappa shape index (κ1) is 11.8. The van der Waals surface area contributed by atoms with E-state index in [4.69, 9.17) is 9.84 Å². The maximum Gasteiger partial charge on any atom is 0.344 e. The molecular formula is C11H10FNO3S. The predicted molar refractivity (Wildman–Crippen MR) is 61.9 cm³/mol. The van der Waals surface area contributed by atoms with Gasteiger partial charge in [0.1, 0.15) is 5.82 Å². The third-order valence-electron chi connectivity index (χ3n) is 2.30. The van der Waals surface area contributed by atoms with E-state index in [-0.39, 0.29) is 5.88 Å². The third-order valence-corrected chi connectivity index (χ3v) is 3.11. The number of fused-ring (bicyclic) bond motifs is 1. The van der Waals surface area contributed by atoms with Gasteiger partial charge in [0.25, 0.3) is 0 Å². The summed E-state index contributed by atoms with van der Waals surface area (Å²) in [6, 6.07) is 4.22. The molecule has 17 heavy (non-hydrogen) atoms. The molecule has 0 saturated carbocycles.